The molecule has 140 valence electrons. The van der Waals surface area contributed by atoms with Gasteiger partial charge in [-0.15, -0.1) is 0 Å². The monoisotopic (exact) mass is 454 g/mol. The van der Waals surface area contributed by atoms with Gasteiger partial charge >= 0.3 is 0 Å². The molecule has 0 bridgehead atoms. The summed E-state index contributed by atoms with van der Waals surface area (Å²) in [5.74, 6) is 0.498. The third kappa shape index (κ3) is 3.71. The van der Waals surface area contributed by atoms with Gasteiger partial charge in [-0.2, -0.15) is 0 Å². The van der Waals surface area contributed by atoms with Gasteiger partial charge in [0.05, 0.1) is 10.4 Å². The summed E-state index contributed by atoms with van der Waals surface area (Å²) < 4.78 is 13.0. The Kier molecular flexibility index (Phi) is 5.25. The van der Waals surface area contributed by atoms with E-state index in [1.807, 2.05) is 61.5 Å². The Morgan fingerprint density at radius 1 is 1.04 bits per heavy atom. The van der Waals surface area contributed by atoms with Crippen LogP contribution in [0.1, 0.15) is 11.1 Å². The standard InChI is InChI=1S/C23H16BrClO3/c1-14-6-11-20-18(12-14)21(26)23(27-13-15-7-9-16(24)10-8-15)22(28-20)17-4-2-3-5-19(17)25/h2-12H,13H2,1H3. The minimum Gasteiger partial charge on any atom is -0.481 e. The van der Waals surface area contributed by atoms with E-state index in [0.717, 1.165) is 15.6 Å². The van der Waals surface area contributed by atoms with Crippen LogP contribution >= 0.6 is 27.5 Å². The van der Waals surface area contributed by atoms with Crippen LogP contribution in [0.2, 0.25) is 5.02 Å². The summed E-state index contributed by atoms with van der Waals surface area (Å²) >= 11 is 9.79. The van der Waals surface area contributed by atoms with Crippen molar-refractivity contribution in [1.82, 2.24) is 0 Å². The number of halogens is 2. The maximum atomic E-state index is 13.2. The van der Waals surface area contributed by atoms with Crippen molar-refractivity contribution in [2.24, 2.45) is 0 Å². The van der Waals surface area contributed by atoms with Crippen molar-refractivity contribution in [3.05, 3.63) is 97.6 Å². The second-order valence-electron chi connectivity index (χ2n) is 6.48. The third-order valence-electron chi connectivity index (χ3n) is 4.42. The first kappa shape index (κ1) is 18.8. The van der Waals surface area contributed by atoms with E-state index in [4.69, 9.17) is 20.8 Å². The Morgan fingerprint density at radius 3 is 2.54 bits per heavy atom. The molecule has 1 aromatic heterocycles. The van der Waals surface area contributed by atoms with E-state index < -0.39 is 0 Å². The number of ether oxygens (including phenoxy) is 1. The summed E-state index contributed by atoms with van der Waals surface area (Å²) in [5.41, 5.74) is 2.83. The van der Waals surface area contributed by atoms with Crippen molar-refractivity contribution in [2.75, 3.05) is 0 Å². The molecule has 0 spiro atoms. The molecule has 0 aliphatic carbocycles. The Labute approximate surface area is 175 Å². The van der Waals surface area contributed by atoms with Crippen LogP contribution in [0, 0.1) is 6.92 Å². The highest BCUT2D eigenvalue weighted by Gasteiger charge is 2.19. The average molecular weight is 456 g/mol. The van der Waals surface area contributed by atoms with Crippen LogP contribution in [0.4, 0.5) is 0 Å². The van der Waals surface area contributed by atoms with Gasteiger partial charge in [0.25, 0.3) is 0 Å². The van der Waals surface area contributed by atoms with Crippen LogP contribution in [-0.4, -0.2) is 0 Å². The third-order valence-corrected chi connectivity index (χ3v) is 5.28. The van der Waals surface area contributed by atoms with Gasteiger partial charge in [-0.05, 0) is 48.9 Å². The molecular formula is C23H16BrClO3. The second-order valence-corrected chi connectivity index (χ2v) is 7.81. The SMILES string of the molecule is Cc1ccc2oc(-c3ccccc3Cl)c(OCc3ccc(Br)cc3)c(=O)c2c1. The molecule has 5 heteroatoms. The molecule has 4 rings (SSSR count). The van der Waals surface area contributed by atoms with E-state index in [9.17, 15) is 4.79 Å². The number of rotatable bonds is 4. The van der Waals surface area contributed by atoms with Crippen molar-refractivity contribution in [3.63, 3.8) is 0 Å². The summed E-state index contributed by atoms with van der Waals surface area (Å²) in [7, 11) is 0. The van der Waals surface area contributed by atoms with Crippen molar-refractivity contribution in [3.8, 4) is 17.1 Å². The molecule has 0 saturated heterocycles. The molecule has 28 heavy (non-hydrogen) atoms. The molecule has 0 atom stereocenters. The zero-order valence-electron chi connectivity index (χ0n) is 15.0. The van der Waals surface area contributed by atoms with E-state index in [-0.39, 0.29) is 17.8 Å². The van der Waals surface area contributed by atoms with Gasteiger partial charge in [-0.3, -0.25) is 4.79 Å². The first-order valence-corrected chi connectivity index (χ1v) is 9.89. The molecule has 0 amide bonds. The van der Waals surface area contributed by atoms with Gasteiger partial charge < -0.3 is 9.15 Å². The van der Waals surface area contributed by atoms with Gasteiger partial charge in [0.15, 0.2) is 5.76 Å². The Morgan fingerprint density at radius 2 is 1.79 bits per heavy atom. The number of benzene rings is 3. The summed E-state index contributed by atoms with van der Waals surface area (Å²) in [5, 5.41) is 0.979. The fraction of sp³-hybridized carbons (Fsp3) is 0.0870. The highest BCUT2D eigenvalue weighted by molar-refractivity contribution is 9.10. The van der Waals surface area contributed by atoms with Crippen LogP contribution in [0.15, 0.2) is 80.4 Å². The molecule has 0 aliphatic rings. The first-order chi connectivity index (χ1) is 13.5. The summed E-state index contributed by atoms with van der Waals surface area (Å²) in [6.45, 7) is 2.18. The zero-order chi connectivity index (χ0) is 19.7. The van der Waals surface area contributed by atoms with Gasteiger partial charge in [0.2, 0.25) is 11.2 Å². The fourth-order valence-electron chi connectivity index (χ4n) is 2.98. The maximum absolute atomic E-state index is 13.2. The highest BCUT2D eigenvalue weighted by atomic mass is 79.9. The quantitative estimate of drug-likeness (QED) is 0.341. The van der Waals surface area contributed by atoms with Crippen LogP contribution in [0.3, 0.4) is 0 Å². The Bertz CT molecular complexity index is 1210. The number of hydrogen-bond acceptors (Lipinski definition) is 3. The number of fused-ring (bicyclic) bond motifs is 1. The lowest BCUT2D eigenvalue weighted by Gasteiger charge is -2.13. The van der Waals surface area contributed by atoms with Crippen molar-refractivity contribution >= 4 is 38.5 Å². The normalized spacial score (nSPS) is 11.0. The van der Waals surface area contributed by atoms with E-state index in [1.165, 1.54) is 0 Å². The van der Waals surface area contributed by atoms with Crippen molar-refractivity contribution in [2.45, 2.75) is 13.5 Å². The molecule has 1 heterocycles. The smallest absolute Gasteiger partial charge is 0.235 e. The molecule has 0 fully saturated rings. The maximum Gasteiger partial charge on any atom is 0.235 e. The summed E-state index contributed by atoms with van der Waals surface area (Å²) in [4.78, 5) is 13.2. The zero-order valence-corrected chi connectivity index (χ0v) is 17.4. The predicted molar refractivity (Wildman–Crippen MR) is 116 cm³/mol. The van der Waals surface area contributed by atoms with Crippen molar-refractivity contribution < 1.29 is 9.15 Å². The van der Waals surface area contributed by atoms with E-state index in [1.54, 1.807) is 12.1 Å². The number of hydrogen-bond donors (Lipinski definition) is 0. The fourth-order valence-corrected chi connectivity index (χ4v) is 3.47. The minimum atomic E-state index is -0.211. The topological polar surface area (TPSA) is 39.4 Å². The average Bonchev–Trinajstić information content (AvgIpc) is 2.69. The molecule has 3 nitrogen and oxygen atoms in total. The molecule has 3 aromatic carbocycles. The first-order valence-electron chi connectivity index (χ1n) is 8.72. The molecule has 0 unspecified atom stereocenters. The van der Waals surface area contributed by atoms with Crippen LogP contribution < -0.4 is 10.2 Å². The largest absolute Gasteiger partial charge is 0.481 e. The van der Waals surface area contributed by atoms with E-state index in [2.05, 4.69) is 15.9 Å². The summed E-state index contributed by atoms with van der Waals surface area (Å²) in [6.07, 6.45) is 0. The van der Waals surface area contributed by atoms with Crippen LogP contribution in [0.5, 0.6) is 5.75 Å². The van der Waals surface area contributed by atoms with E-state index in [0.29, 0.717) is 27.3 Å². The van der Waals surface area contributed by atoms with Crippen LogP contribution in [-0.2, 0) is 6.61 Å². The summed E-state index contributed by atoms with van der Waals surface area (Å²) in [6, 6.07) is 20.5. The van der Waals surface area contributed by atoms with Gasteiger partial charge in [-0.1, -0.05) is 63.4 Å². The lowest BCUT2D eigenvalue weighted by Crippen LogP contribution is -2.10. The minimum absolute atomic E-state index is 0.161. The van der Waals surface area contributed by atoms with Gasteiger partial charge in [0.1, 0.15) is 12.2 Å². The molecule has 0 saturated carbocycles. The number of aryl methyl sites for hydroxylation is 1. The van der Waals surface area contributed by atoms with Crippen molar-refractivity contribution in [1.29, 1.82) is 0 Å². The predicted octanol–water partition coefficient (Wildman–Crippen LogP) is 6.76. The van der Waals surface area contributed by atoms with Gasteiger partial charge in [-0.25, -0.2) is 0 Å². The molecule has 0 aliphatic heterocycles. The lowest BCUT2D eigenvalue weighted by molar-refractivity contribution is 0.298. The lowest BCUT2D eigenvalue weighted by atomic mass is 10.1. The Hall–Kier alpha value is -2.56. The van der Waals surface area contributed by atoms with E-state index >= 15 is 0 Å². The Balaban J connectivity index is 1.87. The highest BCUT2D eigenvalue weighted by Crippen LogP contribution is 2.35. The molecular weight excluding hydrogens is 440 g/mol. The van der Waals surface area contributed by atoms with Gasteiger partial charge in [0, 0.05) is 10.0 Å². The molecule has 4 aromatic rings. The second kappa shape index (κ2) is 7.82. The van der Waals surface area contributed by atoms with Crippen LogP contribution in [0.25, 0.3) is 22.3 Å². The molecule has 0 radical (unpaired) electrons. The molecule has 0 N–H and O–H groups in total.